The van der Waals surface area contributed by atoms with Gasteiger partial charge >= 0.3 is 6.61 Å². The summed E-state index contributed by atoms with van der Waals surface area (Å²) in [6.07, 6.45) is 1.58. The predicted octanol–water partition coefficient (Wildman–Crippen LogP) is 1.53. The monoisotopic (exact) mass is 166 g/mol. The Kier molecular flexibility index (Phi) is 3.20. The molecule has 2 nitrogen and oxygen atoms in total. The third kappa shape index (κ3) is 3.12. The number of aliphatic hydroxyl groups is 1. The van der Waals surface area contributed by atoms with Gasteiger partial charge in [0, 0.05) is 0 Å². The average Bonchev–Trinajstić information content (AvgIpc) is 1.85. The van der Waals surface area contributed by atoms with E-state index in [1.54, 1.807) is 0 Å². The average molecular weight is 166 g/mol. The fourth-order valence-electron chi connectivity index (χ4n) is 1.39. The lowest BCUT2D eigenvalue weighted by atomic mass is 9.95. The second-order valence-electron chi connectivity index (χ2n) is 2.84. The first-order chi connectivity index (χ1) is 5.18. The topological polar surface area (TPSA) is 29.5 Å². The number of ether oxygens (including phenoxy) is 1. The number of halogens is 2. The van der Waals surface area contributed by atoms with Gasteiger partial charge in [-0.2, -0.15) is 8.78 Å². The molecule has 1 rings (SSSR count). The first-order valence-electron chi connectivity index (χ1n) is 3.80. The highest BCUT2D eigenvalue weighted by molar-refractivity contribution is 4.71. The van der Waals surface area contributed by atoms with E-state index >= 15 is 0 Å². The molecule has 2 atom stereocenters. The van der Waals surface area contributed by atoms with Crippen LogP contribution in [0, 0.1) is 0 Å². The minimum atomic E-state index is -2.70. The first-order valence-corrected chi connectivity index (χ1v) is 3.80. The third-order valence-corrected chi connectivity index (χ3v) is 1.89. The van der Waals surface area contributed by atoms with Crippen molar-refractivity contribution in [1.82, 2.24) is 0 Å². The molecular weight excluding hydrogens is 154 g/mol. The van der Waals surface area contributed by atoms with Crippen LogP contribution in [0.4, 0.5) is 8.78 Å². The molecule has 0 unspecified atom stereocenters. The number of hydrogen-bond donors (Lipinski definition) is 1. The van der Waals surface area contributed by atoms with E-state index in [2.05, 4.69) is 4.74 Å². The summed E-state index contributed by atoms with van der Waals surface area (Å²) in [5, 5.41) is 9.07. The van der Waals surface area contributed by atoms with E-state index in [4.69, 9.17) is 5.11 Å². The zero-order valence-corrected chi connectivity index (χ0v) is 6.17. The summed E-state index contributed by atoms with van der Waals surface area (Å²) in [5.41, 5.74) is 0. The highest BCUT2D eigenvalue weighted by atomic mass is 19.3. The first kappa shape index (κ1) is 8.87. The zero-order valence-electron chi connectivity index (χ0n) is 6.17. The Labute approximate surface area is 64.2 Å². The van der Waals surface area contributed by atoms with Gasteiger partial charge in [0.1, 0.15) is 0 Å². The van der Waals surface area contributed by atoms with Crippen molar-refractivity contribution in [3.63, 3.8) is 0 Å². The van der Waals surface area contributed by atoms with Crippen molar-refractivity contribution >= 4 is 0 Å². The van der Waals surface area contributed by atoms with Gasteiger partial charge in [0.25, 0.3) is 0 Å². The normalized spacial score (nSPS) is 32.7. The fourth-order valence-corrected chi connectivity index (χ4v) is 1.39. The quantitative estimate of drug-likeness (QED) is 0.674. The van der Waals surface area contributed by atoms with Crippen molar-refractivity contribution < 1.29 is 18.6 Å². The summed E-state index contributed by atoms with van der Waals surface area (Å²) in [5.74, 6) is 0. The highest BCUT2D eigenvalue weighted by Crippen LogP contribution is 2.22. The maximum absolute atomic E-state index is 11.6. The van der Waals surface area contributed by atoms with Gasteiger partial charge in [-0.05, 0) is 25.7 Å². The van der Waals surface area contributed by atoms with E-state index in [0.29, 0.717) is 19.3 Å². The molecule has 1 aliphatic rings. The summed E-state index contributed by atoms with van der Waals surface area (Å²) in [6, 6.07) is 0. The molecule has 0 amide bonds. The zero-order chi connectivity index (χ0) is 8.27. The lowest BCUT2D eigenvalue weighted by Gasteiger charge is -2.25. The summed E-state index contributed by atoms with van der Waals surface area (Å²) >= 11 is 0. The molecule has 0 radical (unpaired) electrons. The second-order valence-corrected chi connectivity index (χ2v) is 2.84. The van der Waals surface area contributed by atoms with Crippen LogP contribution < -0.4 is 0 Å². The van der Waals surface area contributed by atoms with E-state index in [1.807, 2.05) is 0 Å². The summed E-state index contributed by atoms with van der Waals surface area (Å²) < 4.78 is 27.6. The predicted molar refractivity (Wildman–Crippen MR) is 35.4 cm³/mol. The maximum atomic E-state index is 11.6. The summed E-state index contributed by atoms with van der Waals surface area (Å²) in [6.45, 7) is -2.70. The molecule has 0 spiro atoms. The van der Waals surface area contributed by atoms with E-state index in [0.717, 1.165) is 6.42 Å². The molecule has 0 saturated heterocycles. The molecular formula is C7H12F2O2. The molecule has 1 aliphatic carbocycles. The number of rotatable bonds is 2. The molecule has 1 N–H and O–H groups in total. The molecule has 11 heavy (non-hydrogen) atoms. The summed E-state index contributed by atoms with van der Waals surface area (Å²) in [4.78, 5) is 0. The fraction of sp³-hybridized carbons (Fsp3) is 1.00. The Hall–Kier alpha value is -0.220. The second kappa shape index (κ2) is 3.97. The molecule has 0 bridgehead atoms. The third-order valence-electron chi connectivity index (χ3n) is 1.89. The van der Waals surface area contributed by atoms with Crippen molar-refractivity contribution in [3.8, 4) is 0 Å². The Morgan fingerprint density at radius 3 is 2.64 bits per heavy atom. The van der Waals surface area contributed by atoms with Gasteiger partial charge in [0.05, 0.1) is 12.2 Å². The molecule has 66 valence electrons. The minimum absolute atomic E-state index is 0.352. The van der Waals surface area contributed by atoms with E-state index in [9.17, 15) is 8.78 Å². The van der Waals surface area contributed by atoms with Gasteiger partial charge in [-0.25, -0.2) is 0 Å². The molecule has 0 aromatic rings. The van der Waals surface area contributed by atoms with Crippen LogP contribution in [0.25, 0.3) is 0 Å². The number of hydrogen-bond acceptors (Lipinski definition) is 2. The Balaban J connectivity index is 2.23. The molecule has 0 heterocycles. The number of alkyl halides is 2. The SMILES string of the molecule is O[C@@H]1CCC[C@H](OC(F)F)C1. The summed E-state index contributed by atoms with van der Waals surface area (Å²) in [7, 11) is 0. The molecule has 1 saturated carbocycles. The van der Waals surface area contributed by atoms with Crippen LogP contribution in [0.15, 0.2) is 0 Å². The van der Waals surface area contributed by atoms with Gasteiger partial charge in [-0.15, -0.1) is 0 Å². The minimum Gasteiger partial charge on any atom is -0.393 e. The molecule has 0 aliphatic heterocycles. The number of aliphatic hydroxyl groups excluding tert-OH is 1. The van der Waals surface area contributed by atoms with Crippen molar-refractivity contribution in [1.29, 1.82) is 0 Å². The van der Waals surface area contributed by atoms with Crippen LogP contribution in [0.5, 0.6) is 0 Å². The van der Waals surface area contributed by atoms with E-state index in [-0.39, 0.29) is 0 Å². The smallest absolute Gasteiger partial charge is 0.345 e. The largest absolute Gasteiger partial charge is 0.393 e. The molecule has 1 fully saturated rings. The lowest BCUT2D eigenvalue weighted by molar-refractivity contribution is -0.176. The van der Waals surface area contributed by atoms with Crippen LogP contribution in [-0.2, 0) is 4.74 Å². The molecule has 0 aromatic heterocycles. The van der Waals surface area contributed by atoms with Crippen LogP contribution in [0.3, 0.4) is 0 Å². The van der Waals surface area contributed by atoms with Crippen LogP contribution in [-0.4, -0.2) is 23.9 Å². The van der Waals surface area contributed by atoms with Crippen molar-refractivity contribution in [3.05, 3.63) is 0 Å². The van der Waals surface area contributed by atoms with Crippen LogP contribution in [0.1, 0.15) is 25.7 Å². The maximum Gasteiger partial charge on any atom is 0.345 e. The van der Waals surface area contributed by atoms with E-state index < -0.39 is 18.8 Å². The van der Waals surface area contributed by atoms with Crippen molar-refractivity contribution in [2.45, 2.75) is 44.5 Å². The van der Waals surface area contributed by atoms with Gasteiger partial charge in [0.2, 0.25) is 0 Å². The van der Waals surface area contributed by atoms with Gasteiger partial charge < -0.3 is 9.84 Å². The Bertz CT molecular complexity index is 117. The van der Waals surface area contributed by atoms with Gasteiger partial charge in [-0.1, -0.05) is 0 Å². The van der Waals surface area contributed by atoms with Gasteiger partial charge in [0.15, 0.2) is 0 Å². The highest BCUT2D eigenvalue weighted by Gasteiger charge is 2.23. The molecule has 4 heteroatoms. The molecule has 0 aromatic carbocycles. The Morgan fingerprint density at radius 2 is 2.09 bits per heavy atom. The van der Waals surface area contributed by atoms with Crippen LogP contribution in [0.2, 0.25) is 0 Å². The van der Waals surface area contributed by atoms with Crippen molar-refractivity contribution in [2.24, 2.45) is 0 Å². The standard InChI is InChI=1S/C7H12F2O2/c8-7(9)11-6-3-1-2-5(10)4-6/h5-7,10H,1-4H2/t5-,6+/m1/s1. The van der Waals surface area contributed by atoms with E-state index in [1.165, 1.54) is 0 Å². The van der Waals surface area contributed by atoms with Crippen LogP contribution >= 0.6 is 0 Å². The van der Waals surface area contributed by atoms with Gasteiger partial charge in [-0.3, -0.25) is 0 Å². The lowest BCUT2D eigenvalue weighted by Crippen LogP contribution is -2.27. The Morgan fingerprint density at radius 1 is 1.36 bits per heavy atom. The van der Waals surface area contributed by atoms with Crippen molar-refractivity contribution in [2.75, 3.05) is 0 Å².